The molecular weight excluding hydrogens is 214 g/mol. The van der Waals surface area contributed by atoms with Crippen molar-refractivity contribution in [3.8, 4) is 0 Å². The molecule has 0 spiro atoms. The van der Waals surface area contributed by atoms with E-state index < -0.39 is 17.9 Å². The van der Waals surface area contributed by atoms with E-state index in [9.17, 15) is 14.4 Å². The average Bonchev–Trinajstić information content (AvgIpc) is 2.56. The lowest BCUT2D eigenvalue weighted by molar-refractivity contribution is -0.135. The minimum atomic E-state index is -0.968. The number of fused-ring (bicyclic) bond motifs is 1. The number of carbonyl (C=O) groups is 3. The van der Waals surface area contributed by atoms with E-state index in [0.29, 0.717) is 11.1 Å². The average molecular weight is 223 g/mol. The maximum Gasteiger partial charge on any atom is 0.346 e. The normalized spacial score (nSPS) is 12.3. The number of nitrogens with two attached hydrogens (primary N) is 1. The number of carboxylic acid groups (broad SMARTS) is 1. The first-order chi connectivity index (χ1) is 7.56. The van der Waals surface area contributed by atoms with Gasteiger partial charge in [-0.05, 0) is 12.1 Å². The van der Waals surface area contributed by atoms with Gasteiger partial charge in [0.1, 0.15) is 0 Å². The van der Waals surface area contributed by atoms with Crippen LogP contribution in [-0.2, 0) is 9.53 Å². The Morgan fingerprint density at radius 1 is 1.19 bits per heavy atom. The van der Waals surface area contributed by atoms with Gasteiger partial charge in [0.25, 0.3) is 0 Å². The molecule has 1 aliphatic heterocycles. The van der Waals surface area contributed by atoms with Crippen LogP contribution >= 0.6 is 0 Å². The van der Waals surface area contributed by atoms with Gasteiger partial charge < -0.3 is 15.6 Å². The molecule has 1 aliphatic rings. The molecule has 6 nitrogen and oxygen atoms in total. The van der Waals surface area contributed by atoms with E-state index in [2.05, 4.69) is 10.5 Å². The van der Waals surface area contributed by atoms with Crippen molar-refractivity contribution in [2.45, 2.75) is 0 Å². The van der Waals surface area contributed by atoms with Crippen molar-refractivity contribution < 1.29 is 24.2 Å². The lowest BCUT2D eigenvalue weighted by Crippen LogP contribution is -2.10. The highest BCUT2D eigenvalue weighted by Crippen LogP contribution is 2.18. The fourth-order valence-electron chi connectivity index (χ4n) is 1.03. The van der Waals surface area contributed by atoms with Crippen LogP contribution in [0, 0.1) is 0 Å². The van der Waals surface area contributed by atoms with Crippen LogP contribution < -0.4 is 5.73 Å². The molecule has 6 heteroatoms. The van der Waals surface area contributed by atoms with Gasteiger partial charge in [0, 0.05) is 0 Å². The van der Waals surface area contributed by atoms with Crippen LogP contribution in [0.3, 0.4) is 0 Å². The lowest BCUT2D eigenvalue weighted by Gasteiger charge is -1.86. The molecule has 0 aromatic heterocycles. The fourth-order valence-corrected chi connectivity index (χ4v) is 1.03. The maximum atomic E-state index is 10.8. The molecule has 1 aromatic carbocycles. The maximum absolute atomic E-state index is 10.8. The minimum absolute atomic E-state index is 0.278. The molecule has 0 saturated heterocycles. The van der Waals surface area contributed by atoms with Crippen LogP contribution in [0.2, 0.25) is 0 Å². The SMILES string of the molecule is NCC(=O)O.O=C1OC(=O)c2ccccc21. The smallest absolute Gasteiger partial charge is 0.346 e. The second-order valence-electron chi connectivity index (χ2n) is 2.82. The van der Waals surface area contributed by atoms with E-state index in [0.717, 1.165) is 0 Å². The highest BCUT2D eigenvalue weighted by Gasteiger charge is 2.28. The predicted octanol–water partition coefficient (Wildman–Crippen LogP) is 0.0269. The molecule has 16 heavy (non-hydrogen) atoms. The largest absolute Gasteiger partial charge is 0.480 e. The number of rotatable bonds is 1. The molecule has 0 bridgehead atoms. The monoisotopic (exact) mass is 223 g/mol. The molecule has 84 valence electrons. The van der Waals surface area contributed by atoms with Crippen molar-refractivity contribution in [3.05, 3.63) is 35.4 Å². The molecule has 0 unspecified atom stereocenters. The van der Waals surface area contributed by atoms with Crippen molar-refractivity contribution in [1.82, 2.24) is 0 Å². The summed E-state index contributed by atoms with van der Waals surface area (Å²) in [7, 11) is 0. The number of hydrogen-bond donors (Lipinski definition) is 2. The van der Waals surface area contributed by atoms with Crippen molar-refractivity contribution in [1.29, 1.82) is 0 Å². The van der Waals surface area contributed by atoms with E-state index in [1.54, 1.807) is 24.3 Å². The molecule has 0 radical (unpaired) electrons. The summed E-state index contributed by atoms with van der Waals surface area (Å²) in [6, 6.07) is 6.53. The third-order valence-electron chi connectivity index (χ3n) is 1.73. The molecule has 0 aliphatic carbocycles. The summed E-state index contributed by atoms with van der Waals surface area (Å²) in [4.78, 5) is 30.9. The van der Waals surface area contributed by atoms with Crippen LogP contribution in [0.1, 0.15) is 20.7 Å². The number of benzene rings is 1. The Morgan fingerprint density at radius 3 is 1.88 bits per heavy atom. The molecule has 1 heterocycles. The second-order valence-corrected chi connectivity index (χ2v) is 2.82. The highest BCUT2D eigenvalue weighted by molar-refractivity contribution is 6.14. The number of carboxylic acids is 1. The van der Waals surface area contributed by atoms with E-state index in [-0.39, 0.29) is 6.54 Å². The summed E-state index contributed by atoms with van der Waals surface area (Å²) >= 11 is 0. The summed E-state index contributed by atoms with van der Waals surface area (Å²) in [6.07, 6.45) is 0. The molecule has 3 N–H and O–H groups in total. The van der Waals surface area contributed by atoms with Gasteiger partial charge in [-0.1, -0.05) is 12.1 Å². The summed E-state index contributed by atoms with van der Waals surface area (Å²) in [5.41, 5.74) is 5.29. The summed E-state index contributed by atoms with van der Waals surface area (Å²) in [5, 5.41) is 7.60. The zero-order chi connectivity index (χ0) is 12.1. The summed E-state index contributed by atoms with van der Waals surface area (Å²) in [5.74, 6) is -2.07. The molecule has 2 rings (SSSR count). The van der Waals surface area contributed by atoms with Gasteiger partial charge in [-0.3, -0.25) is 4.79 Å². The van der Waals surface area contributed by atoms with E-state index in [1.807, 2.05) is 0 Å². The third kappa shape index (κ3) is 2.64. The van der Waals surface area contributed by atoms with Gasteiger partial charge in [-0.15, -0.1) is 0 Å². The van der Waals surface area contributed by atoms with Crippen LogP contribution in [0.15, 0.2) is 24.3 Å². The van der Waals surface area contributed by atoms with Crippen molar-refractivity contribution >= 4 is 17.9 Å². The van der Waals surface area contributed by atoms with Gasteiger partial charge in [-0.25, -0.2) is 9.59 Å². The molecular formula is C10H9NO5. The van der Waals surface area contributed by atoms with Gasteiger partial charge in [0.2, 0.25) is 0 Å². The summed E-state index contributed by atoms with van der Waals surface area (Å²) < 4.78 is 4.35. The van der Waals surface area contributed by atoms with Gasteiger partial charge >= 0.3 is 17.9 Å². The van der Waals surface area contributed by atoms with Gasteiger partial charge in [0.15, 0.2) is 0 Å². The zero-order valence-electron chi connectivity index (χ0n) is 8.17. The highest BCUT2D eigenvalue weighted by atomic mass is 16.6. The standard InChI is InChI=1S/C8H4O3.C2H5NO2/c9-7-5-3-1-2-4-6(5)8(10)11-7;3-1-2(4)5/h1-4H;1,3H2,(H,4,5). The van der Waals surface area contributed by atoms with Crippen LogP contribution in [0.5, 0.6) is 0 Å². The minimum Gasteiger partial charge on any atom is -0.480 e. The molecule has 1 aromatic rings. The zero-order valence-corrected chi connectivity index (χ0v) is 8.17. The Bertz CT molecular complexity index is 408. The number of esters is 2. The first-order valence-corrected chi connectivity index (χ1v) is 4.33. The Morgan fingerprint density at radius 2 is 1.56 bits per heavy atom. The summed E-state index contributed by atoms with van der Waals surface area (Å²) in [6.45, 7) is -0.278. The Kier molecular flexibility index (Phi) is 3.73. The fraction of sp³-hybridized carbons (Fsp3) is 0.100. The van der Waals surface area contributed by atoms with Gasteiger partial charge in [0.05, 0.1) is 17.7 Å². The number of carbonyl (C=O) groups excluding carboxylic acids is 2. The quantitative estimate of drug-likeness (QED) is 0.513. The Balaban J connectivity index is 0.000000221. The van der Waals surface area contributed by atoms with Crippen molar-refractivity contribution in [2.24, 2.45) is 5.73 Å². The van der Waals surface area contributed by atoms with E-state index in [1.165, 1.54) is 0 Å². The number of cyclic esters (lactones) is 2. The van der Waals surface area contributed by atoms with Crippen molar-refractivity contribution in [3.63, 3.8) is 0 Å². The van der Waals surface area contributed by atoms with E-state index in [4.69, 9.17) is 5.11 Å². The first-order valence-electron chi connectivity index (χ1n) is 4.33. The third-order valence-corrected chi connectivity index (χ3v) is 1.73. The molecule has 0 atom stereocenters. The van der Waals surface area contributed by atoms with Crippen LogP contribution in [0.4, 0.5) is 0 Å². The predicted molar refractivity (Wildman–Crippen MR) is 52.9 cm³/mol. The van der Waals surface area contributed by atoms with Crippen LogP contribution in [-0.4, -0.2) is 29.6 Å². The molecule has 0 fully saturated rings. The lowest BCUT2D eigenvalue weighted by atomic mass is 10.1. The molecule has 0 saturated carbocycles. The van der Waals surface area contributed by atoms with Crippen LogP contribution in [0.25, 0.3) is 0 Å². The van der Waals surface area contributed by atoms with Crippen molar-refractivity contribution in [2.75, 3.05) is 6.54 Å². The Labute approximate surface area is 90.6 Å². The Hall–Kier alpha value is -2.21. The number of aliphatic carboxylic acids is 1. The van der Waals surface area contributed by atoms with E-state index >= 15 is 0 Å². The second kappa shape index (κ2) is 5.04. The topological polar surface area (TPSA) is 107 Å². The number of hydrogen-bond acceptors (Lipinski definition) is 5. The number of ether oxygens (including phenoxy) is 1. The van der Waals surface area contributed by atoms with Gasteiger partial charge in [-0.2, -0.15) is 0 Å². The molecule has 0 amide bonds. The first kappa shape index (κ1) is 11.9.